The summed E-state index contributed by atoms with van der Waals surface area (Å²) in [6.07, 6.45) is 1.92. The highest BCUT2D eigenvalue weighted by molar-refractivity contribution is 5.36. The molecule has 0 unspecified atom stereocenters. The van der Waals surface area contributed by atoms with Gasteiger partial charge in [-0.05, 0) is 26.7 Å². The van der Waals surface area contributed by atoms with Crippen LogP contribution >= 0.6 is 0 Å². The van der Waals surface area contributed by atoms with Gasteiger partial charge in [0.2, 0.25) is 11.9 Å². The molecule has 1 aromatic heterocycles. The van der Waals surface area contributed by atoms with Gasteiger partial charge in [-0.3, -0.25) is 0 Å². The number of hydrogen-bond acceptors (Lipinski definition) is 7. The lowest BCUT2D eigenvalue weighted by atomic mass is 10.1. The molecular formula is C12H21N5O2. The molecule has 7 nitrogen and oxygen atoms in total. The van der Waals surface area contributed by atoms with E-state index in [1.54, 1.807) is 0 Å². The fourth-order valence-corrected chi connectivity index (χ4v) is 2.02. The Kier molecular flexibility index (Phi) is 4.36. The molecule has 1 aliphatic rings. The van der Waals surface area contributed by atoms with Crippen LogP contribution in [0.3, 0.4) is 0 Å². The summed E-state index contributed by atoms with van der Waals surface area (Å²) in [6, 6.07) is 0.638. The predicted octanol–water partition coefficient (Wildman–Crippen LogP) is 0.856. The summed E-state index contributed by atoms with van der Waals surface area (Å²) >= 11 is 0. The predicted molar refractivity (Wildman–Crippen MR) is 72.2 cm³/mol. The zero-order valence-electron chi connectivity index (χ0n) is 11.7. The summed E-state index contributed by atoms with van der Waals surface area (Å²) in [5.41, 5.74) is 5.71. The molecule has 0 saturated carbocycles. The largest absolute Gasteiger partial charge is 0.461 e. The molecule has 2 rings (SSSR count). The van der Waals surface area contributed by atoms with Gasteiger partial charge in [0.05, 0.1) is 6.10 Å². The van der Waals surface area contributed by atoms with E-state index in [0.29, 0.717) is 12.0 Å². The molecule has 7 heteroatoms. The normalized spacial score (nSPS) is 16.6. The molecule has 2 heterocycles. The number of hydrogen-bond donors (Lipinski definition) is 1. The zero-order chi connectivity index (χ0) is 13.8. The Morgan fingerprint density at radius 3 is 2.58 bits per heavy atom. The van der Waals surface area contributed by atoms with Crippen LogP contribution in [0.15, 0.2) is 0 Å². The molecule has 106 valence electrons. The Bertz CT molecular complexity index is 421. The summed E-state index contributed by atoms with van der Waals surface area (Å²) in [7, 11) is 1.96. The highest BCUT2D eigenvalue weighted by Crippen LogP contribution is 2.20. The fraction of sp³-hybridized carbons (Fsp3) is 0.750. The second-order valence-electron chi connectivity index (χ2n) is 4.90. The summed E-state index contributed by atoms with van der Waals surface area (Å²) in [5.74, 6) is 0.731. The molecule has 1 aromatic rings. The lowest BCUT2D eigenvalue weighted by Gasteiger charge is -2.31. The van der Waals surface area contributed by atoms with Gasteiger partial charge in [-0.1, -0.05) is 0 Å². The Morgan fingerprint density at radius 2 is 1.95 bits per heavy atom. The second-order valence-corrected chi connectivity index (χ2v) is 4.90. The number of nitrogen functional groups attached to an aromatic ring is 1. The van der Waals surface area contributed by atoms with Crippen molar-refractivity contribution in [2.45, 2.75) is 38.8 Å². The van der Waals surface area contributed by atoms with Crippen LogP contribution in [-0.4, -0.2) is 47.4 Å². The number of nitrogens with zero attached hydrogens (tertiary/aromatic N) is 4. The zero-order valence-corrected chi connectivity index (χ0v) is 11.7. The number of aromatic nitrogens is 3. The molecule has 0 aliphatic carbocycles. The quantitative estimate of drug-likeness (QED) is 0.865. The average molecular weight is 267 g/mol. The van der Waals surface area contributed by atoms with Gasteiger partial charge in [-0.15, -0.1) is 0 Å². The molecule has 0 radical (unpaired) electrons. The number of nitrogens with two attached hydrogens (primary N) is 1. The van der Waals surface area contributed by atoms with Crippen molar-refractivity contribution in [1.29, 1.82) is 0 Å². The second kappa shape index (κ2) is 6.01. The van der Waals surface area contributed by atoms with Crippen molar-refractivity contribution in [1.82, 2.24) is 15.0 Å². The summed E-state index contributed by atoms with van der Waals surface area (Å²) in [6.45, 7) is 5.37. The third-order valence-corrected chi connectivity index (χ3v) is 3.02. The van der Waals surface area contributed by atoms with Gasteiger partial charge in [0, 0.05) is 26.3 Å². The van der Waals surface area contributed by atoms with Gasteiger partial charge in [0.25, 0.3) is 0 Å². The monoisotopic (exact) mass is 267 g/mol. The van der Waals surface area contributed by atoms with Crippen molar-refractivity contribution in [3.8, 4) is 6.01 Å². The molecule has 19 heavy (non-hydrogen) atoms. The van der Waals surface area contributed by atoms with E-state index in [2.05, 4.69) is 15.0 Å². The Hall–Kier alpha value is -1.63. The molecule has 2 N–H and O–H groups in total. The maximum Gasteiger partial charge on any atom is 0.323 e. The van der Waals surface area contributed by atoms with E-state index < -0.39 is 0 Å². The molecule has 0 spiro atoms. The van der Waals surface area contributed by atoms with E-state index >= 15 is 0 Å². The molecule has 1 aliphatic heterocycles. The Morgan fingerprint density at radius 1 is 1.26 bits per heavy atom. The highest BCUT2D eigenvalue weighted by atomic mass is 16.5. The average Bonchev–Trinajstić information content (AvgIpc) is 2.37. The first kappa shape index (κ1) is 13.8. The SMILES string of the molecule is CC(C)Oc1nc(N)nc(N(C)C2CCOCC2)n1. The maximum absolute atomic E-state index is 5.71. The number of ether oxygens (including phenoxy) is 2. The van der Waals surface area contributed by atoms with Crippen LogP contribution in [0.25, 0.3) is 0 Å². The Labute approximate surface area is 113 Å². The molecule has 0 amide bonds. The first-order valence-electron chi connectivity index (χ1n) is 6.55. The van der Waals surface area contributed by atoms with Gasteiger partial charge in [-0.2, -0.15) is 15.0 Å². The van der Waals surface area contributed by atoms with Crippen molar-refractivity contribution < 1.29 is 9.47 Å². The molecule has 1 saturated heterocycles. The fourth-order valence-electron chi connectivity index (χ4n) is 2.02. The third kappa shape index (κ3) is 3.66. The van der Waals surface area contributed by atoms with Crippen LogP contribution in [0, 0.1) is 0 Å². The lowest BCUT2D eigenvalue weighted by Crippen LogP contribution is -2.37. The van der Waals surface area contributed by atoms with E-state index in [0.717, 1.165) is 26.1 Å². The Balaban J connectivity index is 2.15. The van der Waals surface area contributed by atoms with Crippen LogP contribution in [0.4, 0.5) is 11.9 Å². The standard InChI is InChI=1S/C12H21N5O2/c1-8(2)19-12-15-10(13)14-11(16-12)17(3)9-4-6-18-7-5-9/h8-9H,4-7H2,1-3H3,(H2,13,14,15,16). The van der Waals surface area contributed by atoms with Gasteiger partial charge >= 0.3 is 6.01 Å². The third-order valence-electron chi connectivity index (χ3n) is 3.02. The van der Waals surface area contributed by atoms with E-state index in [4.69, 9.17) is 15.2 Å². The van der Waals surface area contributed by atoms with Crippen molar-refractivity contribution in [2.24, 2.45) is 0 Å². The van der Waals surface area contributed by atoms with Gasteiger partial charge in [-0.25, -0.2) is 0 Å². The van der Waals surface area contributed by atoms with Crippen LogP contribution in [0.1, 0.15) is 26.7 Å². The minimum Gasteiger partial charge on any atom is -0.461 e. The first-order valence-corrected chi connectivity index (χ1v) is 6.55. The summed E-state index contributed by atoms with van der Waals surface area (Å²) in [5, 5.41) is 0. The maximum atomic E-state index is 5.71. The van der Waals surface area contributed by atoms with E-state index in [1.807, 2.05) is 25.8 Å². The first-order chi connectivity index (χ1) is 9.06. The van der Waals surface area contributed by atoms with Crippen LogP contribution in [-0.2, 0) is 4.74 Å². The van der Waals surface area contributed by atoms with Gasteiger partial charge < -0.3 is 20.1 Å². The van der Waals surface area contributed by atoms with E-state index in [-0.39, 0.29) is 18.1 Å². The lowest BCUT2D eigenvalue weighted by molar-refractivity contribution is 0.0852. The molecule has 0 atom stereocenters. The van der Waals surface area contributed by atoms with Gasteiger partial charge in [0.1, 0.15) is 0 Å². The molecular weight excluding hydrogens is 246 g/mol. The number of anilines is 2. The van der Waals surface area contributed by atoms with E-state index in [1.165, 1.54) is 0 Å². The molecule has 0 aromatic carbocycles. The summed E-state index contributed by atoms with van der Waals surface area (Å²) in [4.78, 5) is 14.5. The summed E-state index contributed by atoms with van der Waals surface area (Å²) < 4.78 is 10.8. The topological polar surface area (TPSA) is 86.4 Å². The van der Waals surface area contributed by atoms with Crippen molar-refractivity contribution >= 4 is 11.9 Å². The van der Waals surface area contributed by atoms with Crippen LogP contribution in [0.5, 0.6) is 6.01 Å². The highest BCUT2D eigenvalue weighted by Gasteiger charge is 2.21. The van der Waals surface area contributed by atoms with Crippen LogP contribution < -0.4 is 15.4 Å². The van der Waals surface area contributed by atoms with Crippen molar-refractivity contribution in [3.05, 3.63) is 0 Å². The molecule has 1 fully saturated rings. The number of rotatable bonds is 4. The van der Waals surface area contributed by atoms with Crippen molar-refractivity contribution in [3.63, 3.8) is 0 Å². The van der Waals surface area contributed by atoms with Crippen molar-refractivity contribution in [2.75, 3.05) is 30.9 Å². The molecule has 0 bridgehead atoms. The minimum atomic E-state index is 0.00281. The smallest absolute Gasteiger partial charge is 0.323 e. The van der Waals surface area contributed by atoms with E-state index in [9.17, 15) is 0 Å². The van der Waals surface area contributed by atoms with Gasteiger partial charge in [0.15, 0.2) is 0 Å². The van der Waals surface area contributed by atoms with Crippen LogP contribution in [0.2, 0.25) is 0 Å². The minimum absolute atomic E-state index is 0.00281.